The zero-order valence-corrected chi connectivity index (χ0v) is 18.6. The number of nitrogen functional groups attached to an aromatic ring is 1. The second-order valence-corrected chi connectivity index (χ2v) is 7.53. The van der Waals surface area contributed by atoms with Gasteiger partial charge in [0, 0.05) is 19.3 Å². The normalized spacial score (nSPS) is 24.9. The highest BCUT2D eigenvalue weighted by molar-refractivity contribution is 5.71. The number of fused-ring (bicyclic) bond motifs is 1. The van der Waals surface area contributed by atoms with Crippen LogP contribution in [0.1, 0.15) is 52.7 Å². The average Bonchev–Trinajstić information content (AvgIpc) is 3.34. The Bertz CT molecular complexity index is 1010. The van der Waals surface area contributed by atoms with Crippen LogP contribution in [0.15, 0.2) is 18.5 Å². The minimum absolute atomic E-state index is 0.112. The summed E-state index contributed by atoms with van der Waals surface area (Å²) < 4.78 is 24.5. The van der Waals surface area contributed by atoms with Crippen LogP contribution in [-0.4, -0.2) is 57.4 Å². The fraction of sp³-hybridized carbons (Fsp3) is 0.571. The van der Waals surface area contributed by atoms with Crippen LogP contribution in [0, 0.1) is 0 Å². The van der Waals surface area contributed by atoms with E-state index in [1.165, 1.54) is 10.8 Å². The highest BCUT2D eigenvalue weighted by Gasteiger charge is 2.59. The standard InChI is InChI=1S/C21H28N4O7/c1-5-15(26)29-10-13-18(30-16(27)6-2)19(31-17(28)7-3)21(4,32-13)14-9-8-12-20(22)23-11-24-25(12)14/h8-9,11,13,18-19H,5-7,10H2,1-4H3,(H2,22,23,24)/t13-,18-,19-,21+/m1/s1. The van der Waals surface area contributed by atoms with E-state index in [1.807, 2.05) is 0 Å². The molecule has 11 heteroatoms. The van der Waals surface area contributed by atoms with Gasteiger partial charge in [0.2, 0.25) is 0 Å². The van der Waals surface area contributed by atoms with Gasteiger partial charge in [-0.1, -0.05) is 20.8 Å². The molecule has 4 atom stereocenters. The molecule has 0 aromatic carbocycles. The number of nitrogens with zero attached hydrogens (tertiary/aromatic N) is 3. The van der Waals surface area contributed by atoms with Crippen molar-refractivity contribution in [1.29, 1.82) is 0 Å². The van der Waals surface area contributed by atoms with Crippen LogP contribution in [-0.2, 0) is 38.9 Å². The number of esters is 3. The lowest BCUT2D eigenvalue weighted by atomic mass is 9.92. The van der Waals surface area contributed by atoms with Gasteiger partial charge in [-0.3, -0.25) is 14.4 Å². The molecule has 0 bridgehead atoms. The van der Waals surface area contributed by atoms with Gasteiger partial charge >= 0.3 is 17.9 Å². The summed E-state index contributed by atoms with van der Waals surface area (Å²) in [5.41, 5.74) is 5.72. The van der Waals surface area contributed by atoms with E-state index in [0.29, 0.717) is 11.2 Å². The highest BCUT2D eigenvalue weighted by Crippen LogP contribution is 2.43. The van der Waals surface area contributed by atoms with E-state index < -0.39 is 41.8 Å². The first kappa shape index (κ1) is 23.5. The van der Waals surface area contributed by atoms with Crippen LogP contribution in [0.5, 0.6) is 0 Å². The molecule has 0 saturated carbocycles. The number of hydrogen-bond acceptors (Lipinski definition) is 10. The summed E-state index contributed by atoms with van der Waals surface area (Å²) in [6, 6.07) is 3.45. The number of hydrogen-bond donors (Lipinski definition) is 1. The lowest BCUT2D eigenvalue weighted by Gasteiger charge is -2.31. The quantitative estimate of drug-likeness (QED) is 0.466. The van der Waals surface area contributed by atoms with E-state index in [4.69, 9.17) is 24.7 Å². The van der Waals surface area contributed by atoms with E-state index in [1.54, 1.807) is 39.8 Å². The van der Waals surface area contributed by atoms with Crippen molar-refractivity contribution in [3.8, 4) is 0 Å². The Balaban J connectivity index is 2.08. The third-order valence-electron chi connectivity index (χ3n) is 5.39. The maximum absolute atomic E-state index is 12.3. The van der Waals surface area contributed by atoms with E-state index in [-0.39, 0.29) is 31.7 Å². The first-order valence-corrected chi connectivity index (χ1v) is 10.6. The molecular formula is C21H28N4O7. The van der Waals surface area contributed by atoms with Gasteiger partial charge < -0.3 is 24.7 Å². The van der Waals surface area contributed by atoms with Crippen LogP contribution in [0.3, 0.4) is 0 Å². The number of carbonyl (C=O) groups is 3. The molecule has 0 radical (unpaired) electrons. The molecule has 2 aromatic heterocycles. The van der Waals surface area contributed by atoms with Gasteiger partial charge in [-0.05, 0) is 19.1 Å². The fourth-order valence-electron chi connectivity index (χ4n) is 3.68. The molecule has 3 heterocycles. The average molecular weight is 448 g/mol. The predicted octanol–water partition coefficient (Wildman–Crippen LogP) is 1.52. The summed E-state index contributed by atoms with van der Waals surface area (Å²) >= 11 is 0. The number of carbonyl (C=O) groups excluding carboxylic acids is 3. The van der Waals surface area contributed by atoms with Crippen molar-refractivity contribution in [1.82, 2.24) is 14.6 Å². The van der Waals surface area contributed by atoms with Crippen molar-refractivity contribution >= 4 is 29.2 Å². The number of nitrogens with two attached hydrogens (primary N) is 1. The highest BCUT2D eigenvalue weighted by atomic mass is 16.7. The summed E-state index contributed by atoms with van der Waals surface area (Å²) in [6.45, 7) is 6.50. The Labute approximate surface area is 185 Å². The second kappa shape index (κ2) is 9.51. The number of rotatable bonds is 8. The number of anilines is 1. The molecule has 174 valence electrons. The van der Waals surface area contributed by atoms with Crippen molar-refractivity contribution in [2.45, 2.75) is 70.9 Å². The molecule has 1 fully saturated rings. The number of aromatic nitrogens is 3. The van der Waals surface area contributed by atoms with Crippen molar-refractivity contribution in [2.75, 3.05) is 12.3 Å². The largest absolute Gasteiger partial charge is 0.463 e. The Morgan fingerprint density at radius 3 is 2.41 bits per heavy atom. The monoisotopic (exact) mass is 448 g/mol. The van der Waals surface area contributed by atoms with Gasteiger partial charge in [-0.25, -0.2) is 9.50 Å². The van der Waals surface area contributed by atoms with Crippen LogP contribution in [0.2, 0.25) is 0 Å². The second-order valence-electron chi connectivity index (χ2n) is 7.53. The van der Waals surface area contributed by atoms with Crippen LogP contribution in [0.25, 0.3) is 5.52 Å². The lowest BCUT2D eigenvalue weighted by Crippen LogP contribution is -2.45. The molecular weight excluding hydrogens is 420 g/mol. The summed E-state index contributed by atoms with van der Waals surface area (Å²) in [5.74, 6) is -1.17. The lowest BCUT2D eigenvalue weighted by molar-refractivity contribution is -0.171. The zero-order valence-electron chi connectivity index (χ0n) is 18.6. The van der Waals surface area contributed by atoms with E-state index in [2.05, 4.69) is 10.1 Å². The molecule has 1 aliphatic heterocycles. The Morgan fingerprint density at radius 1 is 1.09 bits per heavy atom. The zero-order chi connectivity index (χ0) is 23.5. The SMILES string of the molecule is CCC(=O)OC[C@H]1O[C@@](C)(c2ccc3c(N)ncnn23)[C@H](OC(=O)CC)[C@@H]1OC(=O)CC. The molecule has 0 unspecified atom stereocenters. The van der Waals surface area contributed by atoms with Gasteiger partial charge in [0.15, 0.2) is 18.0 Å². The summed E-state index contributed by atoms with van der Waals surface area (Å²) in [4.78, 5) is 40.2. The molecule has 32 heavy (non-hydrogen) atoms. The first-order valence-electron chi connectivity index (χ1n) is 10.6. The molecule has 1 aliphatic rings. The molecule has 1 saturated heterocycles. The topological polar surface area (TPSA) is 144 Å². The fourth-order valence-corrected chi connectivity index (χ4v) is 3.68. The van der Waals surface area contributed by atoms with Crippen LogP contribution in [0.4, 0.5) is 5.82 Å². The maximum atomic E-state index is 12.3. The summed E-state index contributed by atoms with van der Waals surface area (Å²) in [7, 11) is 0. The van der Waals surface area contributed by atoms with Gasteiger partial charge in [0.05, 0.1) is 5.69 Å². The molecule has 0 amide bonds. The molecule has 11 nitrogen and oxygen atoms in total. The minimum atomic E-state index is -1.29. The summed E-state index contributed by atoms with van der Waals surface area (Å²) in [5, 5.41) is 4.25. The molecule has 2 N–H and O–H groups in total. The smallest absolute Gasteiger partial charge is 0.306 e. The first-order chi connectivity index (χ1) is 15.2. The van der Waals surface area contributed by atoms with Crippen molar-refractivity contribution < 1.29 is 33.3 Å². The van der Waals surface area contributed by atoms with Gasteiger partial charge in [0.1, 0.15) is 30.2 Å². The van der Waals surface area contributed by atoms with Gasteiger partial charge in [-0.15, -0.1) is 0 Å². The van der Waals surface area contributed by atoms with Crippen molar-refractivity contribution in [3.05, 3.63) is 24.2 Å². The van der Waals surface area contributed by atoms with Gasteiger partial charge in [-0.2, -0.15) is 5.10 Å². The van der Waals surface area contributed by atoms with E-state index in [0.717, 1.165) is 0 Å². The summed E-state index contributed by atoms with van der Waals surface area (Å²) in [6.07, 6.45) is -1.20. The van der Waals surface area contributed by atoms with Crippen molar-refractivity contribution in [2.24, 2.45) is 0 Å². The van der Waals surface area contributed by atoms with Crippen molar-refractivity contribution in [3.63, 3.8) is 0 Å². The van der Waals surface area contributed by atoms with E-state index >= 15 is 0 Å². The maximum Gasteiger partial charge on any atom is 0.306 e. The molecule has 3 rings (SSSR count). The molecule has 2 aromatic rings. The third kappa shape index (κ3) is 4.38. The Hall–Kier alpha value is -3.21. The Morgan fingerprint density at radius 2 is 1.75 bits per heavy atom. The van der Waals surface area contributed by atoms with E-state index in [9.17, 15) is 14.4 Å². The number of ether oxygens (including phenoxy) is 4. The predicted molar refractivity (Wildman–Crippen MR) is 111 cm³/mol. The molecule has 0 aliphatic carbocycles. The third-order valence-corrected chi connectivity index (χ3v) is 5.39. The van der Waals surface area contributed by atoms with Gasteiger partial charge in [0.25, 0.3) is 0 Å². The minimum Gasteiger partial charge on any atom is -0.463 e. The van der Waals surface area contributed by atoms with Crippen LogP contribution < -0.4 is 5.73 Å². The molecule has 0 spiro atoms. The Kier molecular flexibility index (Phi) is 6.97. The van der Waals surface area contributed by atoms with Crippen LogP contribution >= 0.6 is 0 Å².